The van der Waals surface area contributed by atoms with Crippen LogP contribution in [0.2, 0.25) is 0 Å². The molecule has 1 aromatic carbocycles. The van der Waals surface area contributed by atoms with E-state index < -0.39 is 10.0 Å². The minimum Gasteiger partial charge on any atom is -0.353 e. The molecule has 5 nitrogen and oxygen atoms in total. The lowest BCUT2D eigenvalue weighted by Crippen LogP contribution is -2.44. The fourth-order valence-electron chi connectivity index (χ4n) is 3.10. The summed E-state index contributed by atoms with van der Waals surface area (Å²) >= 11 is 0. The van der Waals surface area contributed by atoms with Crippen LogP contribution in [0.4, 0.5) is 0 Å². The average molecular weight is 381 g/mol. The van der Waals surface area contributed by atoms with Gasteiger partial charge >= 0.3 is 0 Å². The molecule has 0 radical (unpaired) electrons. The normalized spacial score (nSPS) is 18.5. The molecule has 6 heteroatoms. The Hall–Kier alpha value is -1.40. The van der Waals surface area contributed by atoms with Crippen molar-refractivity contribution in [2.24, 2.45) is 5.92 Å². The second kappa shape index (κ2) is 8.09. The summed E-state index contributed by atoms with van der Waals surface area (Å²) in [7, 11) is -3.50. The molecule has 0 spiro atoms. The molecule has 0 bridgehead atoms. The van der Waals surface area contributed by atoms with E-state index in [0.29, 0.717) is 30.8 Å². The molecule has 1 heterocycles. The molecular weight excluding hydrogens is 348 g/mol. The van der Waals surface area contributed by atoms with Gasteiger partial charge in [0.1, 0.15) is 0 Å². The van der Waals surface area contributed by atoms with Crippen molar-refractivity contribution in [2.75, 3.05) is 13.1 Å². The van der Waals surface area contributed by atoms with E-state index in [4.69, 9.17) is 0 Å². The quantitative estimate of drug-likeness (QED) is 0.852. The van der Waals surface area contributed by atoms with Crippen LogP contribution in [0, 0.1) is 5.92 Å². The second-order valence-corrected chi connectivity index (χ2v) is 10.2. The summed E-state index contributed by atoms with van der Waals surface area (Å²) in [4.78, 5) is 12.6. The third-order valence-corrected chi connectivity index (χ3v) is 7.10. The molecule has 1 aliphatic rings. The number of nitrogens with zero attached hydrogens (tertiary/aromatic N) is 1. The first kappa shape index (κ1) is 20.9. The Bertz CT molecular complexity index is 712. The Balaban J connectivity index is 2.02. The molecule has 1 N–H and O–H groups in total. The van der Waals surface area contributed by atoms with Crippen molar-refractivity contribution in [2.45, 2.75) is 70.2 Å². The maximum Gasteiger partial charge on any atom is 0.243 e. The molecule has 0 saturated carbocycles. The lowest BCUT2D eigenvalue weighted by atomic mass is 9.87. The van der Waals surface area contributed by atoms with E-state index in [1.54, 1.807) is 12.1 Å². The minimum atomic E-state index is -3.50. The number of hydrogen-bond acceptors (Lipinski definition) is 3. The molecule has 146 valence electrons. The van der Waals surface area contributed by atoms with Crippen molar-refractivity contribution < 1.29 is 13.2 Å². The summed E-state index contributed by atoms with van der Waals surface area (Å²) in [6.07, 6.45) is 2.03. The van der Waals surface area contributed by atoms with Crippen molar-refractivity contribution in [1.82, 2.24) is 9.62 Å². The van der Waals surface area contributed by atoms with E-state index in [1.165, 1.54) is 4.31 Å². The highest BCUT2D eigenvalue weighted by molar-refractivity contribution is 7.89. The largest absolute Gasteiger partial charge is 0.353 e. The molecular formula is C20H32N2O3S. The molecule has 1 saturated heterocycles. The first-order valence-corrected chi connectivity index (χ1v) is 10.9. The zero-order valence-corrected chi connectivity index (χ0v) is 17.4. The number of nitrogens with one attached hydrogen (secondary N) is 1. The molecule has 1 atom stereocenters. The predicted octanol–water partition coefficient (Wildman–Crippen LogP) is 3.30. The number of benzene rings is 1. The van der Waals surface area contributed by atoms with E-state index in [2.05, 4.69) is 26.1 Å². The summed E-state index contributed by atoms with van der Waals surface area (Å²) in [5, 5.41) is 3.00. The van der Waals surface area contributed by atoms with Gasteiger partial charge in [0, 0.05) is 25.0 Å². The number of piperidine rings is 1. The fourth-order valence-corrected chi connectivity index (χ4v) is 4.57. The molecule has 26 heavy (non-hydrogen) atoms. The molecule has 2 rings (SSSR count). The topological polar surface area (TPSA) is 66.5 Å². The van der Waals surface area contributed by atoms with Gasteiger partial charge in [-0.1, -0.05) is 39.8 Å². The maximum atomic E-state index is 12.9. The van der Waals surface area contributed by atoms with Crippen LogP contribution in [0.5, 0.6) is 0 Å². The lowest BCUT2D eigenvalue weighted by molar-refractivity contribution is -0.126. The SMILES string of the molecule is CCC(C)NC(=O)C1CCN(S(=O)(=O)c2ccc(C(C)(C)C)cc2)CC1. The van der Waals surface area contributed by atoms with Gasteiger partial charge in [-0.2, -0.15) is 4.31 Å². The van der Waals surface area contributed by atoms with Crippen molar-refractivity contribution in [3.8, 4) is 0 Å². The van der Waals surface area contributed by atoms with Crippen LogP contribution in [-0.2, 0) is 20.2 Å². The molecule has 0 aliphatic carbocycles. The summed E-state index contributed by atoms with van der Waals surface area (Å²) < 4.78 is 27.3. The van der Waals surface area contributed by atoms with Gasteiger partial charge in [0.15, 0.2) is 0 Å². The second-order valence-electron chi connectivity index (χ2n) is 8.27. The van der Waals surface area contributed by atoms with Crippen LogP contribution in [-0.4, -0.2) is 37.8 Å². The van der Waals surface area contributed by atoms with E-state index in [0.717, 1.165) is 12.0 Å². The van der Waals surface area contributed by atoms with Crippen molar-refractivity contribution in [3.63, 3.8) is 0 Å². The first-order valence-electron chi connectivity index (χ1n) is 9.46. The first-order chi connectivity index (χ1) is 12.1. The maximum absolute atomic E-state index is 12.9. The van der Waals surface area contributed by atoms with Gasteiger partial charge in [0.2, 0.25) is 15.9 Å². The number of amides is 1. The lowest BCUT2D eigenvalue weighted by Gasteiger charge is -2.31. The van der Waals surface area contributed by atoms with E-state index >= 15 is 0 Å². The van der Waals surface area contributed by atoms with Crippen LogP contribution >= 0.6 is 0 Å². The number of carbonyl (C=O) groups excluding carboxylic acids is 1. The van der Waals surface area contributed by atoms with Crippen LogP contribution in [0.3, 0.4) is 0 Å². The number of carbonyl (C=O) groups is 1. The average Bonchev–Trinajstić information content (AvgIpc) is 2.61. The Kier molecular flexibility index (Phi) is 6.51. The molecule has 1 amide bonds. The Morgan fingerprint density at radius 3 is 2.19 bits per heavy atom. The fraction of sp³-hybridized carbons (Fsp3) is 0.650. The summed E-state index contributed by atoms with van der Waals surface area (Å²) in [5.41, 5.74) is 1.10. The van der Waals surface area contributed by atoms with Crippen LogP contribution in [0.1, 0.15) is 59.4 Å². The van der Waals surface area contributed by atoms with Crippen LogP contribution < -0.4 is 5.32 Å². The molecule has 1 fully saturated rings. The van der Waals surface area contributed by atoms with Crippen molar-refractivity contribution in [3.05, 3.63) is 29.8 Å². The molecule has 1 aliphatic heterocycles. The monoisotopic (exact) mass is 380 g/mol. The smallest absolute Gasteiger partial charge is 0.243 e. The third kappa shape index (κ3) is 4.86. The Morgan fingerprint density at radius 1 is 1.19 bits per heavy atom. The highest BCUT2D eigenvalue weighted by Gasteiger charge is 2.32. The van der Waals surface area contributed by atoms with E-state index in [-0.39, 0.29) is 23.3 Å². The van der Waals surface area contributed by atoms with Gasteiger partial charge < -0.3 is 5.32 Å². The van der Waals surface area contributed by atoms with E-state index in [1.807, 2.05) is 26.0 Å². The number of sulfonamides is 1. The Labute approximate surface area is 158 Å². The van der Waals surface area contributed by atoms with Gasteiger partial charge in [0.05, 0.1) is 4.90 Å². The third-order valence-electron chi connectivity index (χ3n) is 5.18. The minimum absolute atomic E-state index is 0.0103. The molecule has 1 unspecified atom stereocenters. The zero-order chi connectivity index (χ0) is 19.5. The highest BCUT2D eigenvalue weighted by Crippen LogP contribution is 2.27. The number of rotatable bonds is 5. The number of hydrogen-bond donors (Lipinski definition) is 1. The van der Waals surface area contributed by atoms with Crippen LogP contribution in [0.15, 0.2) is 29.2 Å². The van der Waals surface area contributed by atoms with Gasteiger partial charge in [-0.05, 0) is 49.3 Å². The standard InChI is InChI=1S/C20H32N2O3S/c1-6-15(2)21-19(23)16-11-13-22(14-12-16)26(24,25)18-9-7-17(8-10-18)20(3,4)5/h7-10,15-16H,6,11-14H2,1-5H3,(H,21,23). The Morgan fingerprint density at radius 2 is 1.73 bits per heavy atom. The van der Waals surface area contributed by atoms with Gasteiger partial charge in [0.25, 0.3) is 0 Å². The van der Waals surface area contributed by atoms with Gasteiger partial charge in [-0.25, -0.2) is 8.42 Å². The predicted molar refractivity (Wildman–Crippen MR) is 105 cm³/mol. The van der Waals surface area contributed by atoms with Crippen LogP contribution in [0.25, 0.3) is 0 Å². The van der Waals surface area contributed by atoms with Crippen molar-refractivity contribution in [1.29, 1.82) is 0 Å². The zero-order valence-electron chi connectivity index (χ0n) is 16.6. The molecule has 1 aromatic rings. The molecule has 0 aromatic heterocycles. The summed E-state index contributed by atoms with van der Waals surface area (Å²) in [6.45, 7) is 11.1. The summed E-state index contributed by atoms with van der Waals surface area (Å²) in [5.74, 6) is -0.0513. The van der Waals surface area contributed by atoms with Crippen molar-refractivity contribution >= 4 is 15.9 Å². The van der Waals surface area contributed by atoms with E-state index in [9.17, 15) is 13.2 Å². The van der Waals surface area contributed by atoms with Gasteiger partial charge in [-0.15, -0.1) is 0 Å². The van der Waals surface area contributed by atoms with Gasteiger partial charge in [-0.3, -0.25) is 4.79 Å². The highest BCUT2D eigenvalue weighted by atomic mass is 32.2. The summed E-state index contributed by atoms with van der Waals surface area (Å²) in [6, 6.07) is 7.32.